The molecule has 1 aliphatic heterocycles. The van der Waals surface area contributed by atoms with E-state index in [9.17, 15) is 14.0 Å². The van der Waals surface area contributed by atoms with Crippen LogP contribution in [0.4, 0.5) is 10.1 Å². The predicted octanol–water partition coefficient (Wildman–Crippen LogP) is 3.65. The third-order valence-electron chi connectivity index (χ3n) is 3.57. The Bertz CT molecular complexity index is 879. The molecule has 1 saturated heterocycles. The van der Waals surface area contributed by atoms with Gasteiger partial charge in [0.1, 0.15) is 5.82 Å². The molecule has 2 aromatic rings. The summed E-state index contributed by atoms with van der Waals surface area (Å²) in [5.41, 5.74) is 1.44. The number of hydrogen-bond donors (Lipinski definition) is 0. The van der Waals surface area contributed by atoms with E-state index in [4.69, 9.17) is 0 Å². The molecule has 1 heterocycles. The third kappa shape index (κ3) is 4.18. The average molecular weight is 370 g/mol. The maximum Gasteiger partial charge on any atom is 0.331 e. The first-order valence-electron chi connectivity index (χ1n) is 7.74. The Morgan fingerprint density at radius 2 is 1.88 bits per heavy atom. The lowest BCUT2D eigenvalue weighted by Gasteiger charge is -2.15. The topological polar surface area (TPSA) is 59.0 Å². The number of nitrogens with zero attached hydrogens (tertiary/aromatic N) is 2. The van der Waals surface area contributed by atoms with Gasteiger partial charge in [-0.3, -0.25) is 9.69 Å². The first kappa shape index (κ1) is 17.9. The number of esters is 1. The number of hydrogen-bond acceptors (Lipinski definition) is 5. The molecule has 0 saturated carbocycles. The maximum atomic E-state index is 13.1. The normalized spacial score (nSPS) is 17.2. The van der Waals surface area contributed by atoms with Gasteiger partial charge < -0.3 is 4.74 Å². The van der Waals surface area contributed by atoms with Crippen LogP contribution < -0.4 is 0 Å². The second kappa shape index (κ2) is 7.97. The highest BCUT2D eigenvalue weighted by atomic mass is 32.2. The molecule has 3 rings (SSSR count). The fourth-order valence-corrected chi connectivity index (χ4v) is 3.24. The number of aliphatic imine (C=N–C) groups is 1. The van der Waals surface area contributed by atoms with Crippen LogP contribution in [0.5, 0.6) is 0 Å². The van der Waals surface area contributed by atoms with E-state index < -0.39 is 5.97 Å². The lowest BCUT2D eigenvalue weighted by atomic mass is 10.2. The van der Waals surface area contributed by atoms with Crippen molar-refractivity contribution in [2.45, 2.75) is 6.54 Å². The van der Waals surface area contributed by atoms with Crippen molar-refractivity contribution in [3.8, 4) is 0 Å². The van der Waals surface area contributed by atoms with Gasteiger partial charge in [0.05, 0.1) is 24.2 Å². The minimum absolute atomic E-state index is 0.219. The van der Waals surface area contributed by atoms with Crippen LogP contribution in [0.2, 0.25) is 0 Å². The van der Waals surface area contributed by atoms with Gasteiger partial charge in [-0.05, 0) is 41.6 Å². The van der Waals surface area contributed by atoms with E-state index in [1.54, 1.807) is 12.1 Å². The second-order valence-corrected chi connectivity index (χ2v) is 6.39. The molecule has 1 amide bonds. The Morgan fingerprint density at radius 3 is 2.54 bits per heavy atom. The third-order valence-corrected chi connectivity index (χ3v) is 4.58. The fourth-order valence-electron chi connectivity index (χ4n) is 2.28. The predicted molar refractivity (Wildman–Crippen MR) is 98.2 cm³/mol. The van der Waals surface area contributed by atoms with Crippen LogP contribution in [0.3, 0.4) is 0 Å². The molecule has 7 heteroatoms. The number of para-hydroxylation sites is 1. The van der Waals surface area contributed by atoms with Crippen molar-refractivity contribution in [2.24, 2.45) is 4.99 Å². The molecule has 2 aromatic carbocycles. The van der Waals surface area contributed by atoms with Gasteiger partial charge in [-0.2, -0.15) is 0 Å². The van der Waals surface area contributed by atoms with E-state index in [1.807, 2.05) is 30.3 Å². The Morgan fingerprint density at radius 1 is 1.19 bits per heavy atom. The summed E-state index contributed by atoms with van der Waals surface area (Å²) < 4.78 is 17.7. The lowest BCUT2D eigenvalue weighted by molar-refractivity contribution is -0.135. The Hall–Kier alpha value is -2.93. The number of rotatable bonds is 4. The summed E-state index contributed by atoms with van der Waals surface area (Å²) in [6.07, 6.45) is 1.15. The smallest absolute Gasteiger partial charge is 0.331 e. The van der Waals surface area contributed by atoms with Crippen molar-refractivity contribution in [1.29, 1.82) is 0 Å². The summed E-state index contributed by atoms with van der Waals surface area (Å²) in [4.78, 5) is 30.4. The first-order valence-corrected chi connectivity index (χ1v) is 8.56. The average Bonchev–Trinajstić information content (AvgIpc) is 2.93. The summed E-state index contributed by atoms with van der Waals surface area (Å²) >= 11 is 1.10. The number of amidine groups is 1. The van der Waals surface area contributed by atoms with Gasteiger partial charge in [-0.1, -0.05) is 30.3 Å². The van der Waals surface area contributed by atoms with Crippen LogP contribution in [0, 0.1) is 5.82 Å². The van der Waals surface area contributed by atoms with Crippen molar-refractivity contribution in [2.75, 3.05) is 7.11 Å². The van der Waals surface area contributed by atoms with Gasteiger partial charge >= 0.3 is 5.97 Å². The van der Waals surface area contributed by atoms with Gasteiger partial charge in [0.25, 0.3) is 5.91 Å². The van der Waals surface area contributed by atoms with Gasteiger partial charge in [-0.25, -0.2) is 14.2 Å². The number of carbonyl (C=O) groups excluding carboxylic acids is 2. The molecule has 0 atom stereocenters. The Labute approximate surface area is 154 Å². The Balaban J connectivity index is 1.94. The van der Waals surface area contributed by atoms with E-state index >= 15 is 0 Å². The van der Waals surface area contributed by atoms with Gasteiger partial charge in [0, 0.05) is 6.08 Å². The summed E-state index contributed by atoms with van der Waals surface area (Å²) in [6.45, 7) is 0.219. The van der Waals surface area contributed by atoms with Crippen LogP contribution in [-0.2, 0) is 20.9 Å². The van der Waals surface area contributed by atoms with Crippen molar-refractivity contribution < 1.29 is 18.7 Å². The maximum absolute atomic E-state index is 13.1. The van der Waals surface area contributed by atoms with Gasteiger partial charge in [0.15, 0.2) is 5.17 Å². The number of carbonyl (C=O) groups is 2. The molecule has 1 aliphatic rings. The number of methoxy groups -OCH3 is 1. The van der Waals surface area contributed by atoms with E-state index in [2.05, 4.69) is 9.73 Å². The fraction of sp³-hybridized carbons (Fsp3) is 0.105. The minimum Gasteiger partial charge on any atom is -0.466 e. The van der Waals surface area contributed by atoms with Crippen LogP contribution in [-0.4, -0.2) is 29.1 Å². The van der Waals surface area contributed by atoms with E-state index in [-0.39, 0.29) is 23.2 Å². The molecular formula is C19H15FN2O3S. The summed E-state index contributed by atoms with van der Waals surface area (Å²) in [5.74, 6) is -1.30. The molecule has 0 aromatic heterocycles. The van der Waals surface area contributed by atoms with Crippen molar-refractivity contribution >= 4 is 34.5 Å². The molecule has 0 unspecified atom stereocenters. The highest BCUT2D eigenvalue weighted by molar-refractivity contribution is 8.18. The molecule has 5 nitrogen and oxygen atoms in total. The zero-order valence-electron chi connectivity index (χ0n) is 13.9. The molecule has 0 bridgehead atoms. The summed E-state index contributed by atoms with van der Waals surface area (Å²) in [6, 6.07) is 15.1. The van der Waals surface area contributed by atoms with Crippen molar-refractivity contribution in [3.63, 3.8) is 0 Å². The van der Waals surface area contributed by atoms with Crippen molar-refractivity contribution in [1.82, 2.24) is 4.90 Å². The monoisotopic (exact) mass is 370 g/mol. The quantitative estimate of drug-likeness (QED) is 0.609. The molecule has 1 fully saturated rings. The van der Waals surface area contributed by atoms with Crippen molar-refractivity contribution in [3.05, 3.63) is 77.0 Å². The number of thioether (sulfide) groups is 1. The molecular weight excluding hydrogens is 355 g/mol. The zero-order chi connectivity index (χ0) is 18.5. The molecule has 0 aliphatic carbocycles. The van der Waals surface area contributed by atoms with E-state index in [1.165, 1.54) is 24.1 Å². The standard InChI is InChI=1S/C19H15FN2O3S/c1-25-17(23)11-16-18(24)22(12-13-7-9-14(20)10-8-13)19(26-16)21-15-5-3-2-4-6-15/h2-11H,12H2,1H3/b16-11+,21-19?. The number of amides is 1. The molecule has 132 valence electrons. The van der Waals surface area contributed by atoms with E-state index in [0.29, 0.717) is 10.9 Å². The van der Waals surface area contributed by atoms with Crippen LogP contribution in [0.1, 0.15) is 5.56 Å². The number of halogens is 1. The number of ether oxygens (including phenoxy) is 1. The van der Waals surface area contributed by atoms with E-state index in [0.717, 1.165) is 23.4 Å². The van der Waals surface area contributed by atoms with Crippen LogP contribution in [0.15, 0.2) is 70.6 Å². The zero-order valence-corrected chi connectivity index (χ0v) is 14.7. The lowest BCUT2D eigenvalue weighted by Crippen LogP contribution is -2.28. The first-order chi connectivity index (χ1) is 12.6. The number of benzene rings is 2. The molecule has 0 radical (unpaired) electrons. The minimum atomic E-state index is -0.608. The highest BCUT2D eigenvalue weighted by Gasteiger charge is 2.34. The summed E-state index contributed by atoms with van der Waals surface area (Å²) in [5, 5.41) is 0.445. The molecule has 26 heavy (non-hydrogen) atoms. The van der Waals surface area contributed by atoms with Gasteiger partial charge in [0.2, 0.25) is 0 Å². The Kier molecular flexibility index (Phi) is 5.48. The van der Waals surface area contributed by atoms with Crippen LogP contribution in [0.25, 0.3) is 0 Å². The molecule has 0 spiro atoms. The second-order valence-electron chi connectivity index (χ2n) is 5.38. The van der Waals surface area contributed by atoms with Gasteiger partial charge in [-0.15, -0.1) is 0 Å². The largest absolute Gasteiger partial charge is 0.466 e. The van der Waals surface area contributed by atoms with Crippen LogP contribution >= 0.6 is 11.8 Å². The summed E-state index contributed by atoms with van der Waals surface area (Å²) in [7, 11) is 1.25. The molecule has 0 N–H and O–H groups in total. The highest BCUT2D eigenvalue weighted by Crippen LogP contribution is 2.33. The SMILES string of the molecule is COC(=O)/C=C1/SC(=Nc2ccccc2)N(Cc2ccc(F)cc2)C1=O.